The number of allylic oxidation sites excluding steroid dienone is 4. The Labute approximate surface area is 211 Å². The molecule has 0 saturated heterocycles. The van der Waals surface area contributed by atoms with E-state index in [0.717, 1.165) is 42.4 Å². The van der Waals surface area contributed by atoms with Crippen LogP contribution in [0, 0.1) is 10.8 Å². The Morgan fingerprint density at radius 1 is 1.03 bits per heavy atom. The maximum atomic E-state index is 12.1. The van der Waals surface area contributed by atoms with Crippen LogP contribution < -0.4 is 0 Å². The van der Waals surface area contributed by atoms with Crippen molar-refractivity contribution in [1.82, 2.24) is 15.0 Å². The zero-order valence-electron chi connectivity index (χ0n) is 20.7. The van der Waals surface area contributed by atoms with Crippen LogP contribution in [0.3, 0.4) is 0 Å². The molecule has 0 fully saturated rings. The van der Waals surface area contributed by atoms with Gasteiger partial charge in [-0.25, -0.2) is 15.0 Å². The number of carbonyl (C=O) groups excluding carboxylic acids is 1. The van der Waals surface area contributed by atoms with Crippen LogP contribution in [0.25, 0.3) is 28.3 Å². The number of aromatic nitrogens is 3. The molecule has 4 rings (SSSR count). The minimum Gasteiger partial charge on any atom is -0.465 e. The fourth-order valence-electron chi connectivity index (χ4n) is 4.08. The molecule has 1 unspecified atom stereocenters. The molecule has 184 valence electrons. The van der Waals surface area contributed by atoms with Gasteiger partial charge in [0.05, 0.1) is 12.5 Å². The summed E-state index contributed by atoms with van der Waals surface area (Å²) in [5.74, 6) is 1.17. The number of hydrogen-bond acceptors (Lipinski definition) is 7. The molecule has 36 heavy (non-hydrogen) atoms. The molecule has 7 heteroatoms. The fourth-order valence-corrected chi connectivity index (χ4v) is 4.08. The van der Waals surface area contributed by atoms with Crippen molar-refractivity contribution in [2.75, 3.05) is 6.61 Å². The van der Waals surface area contributed by atoms with Crippen LogP contribution in [0.4, 0.5) is 5.69 Å². The summed E-state index contributed by atoms with van der Waals surface area (Å²) >= 11 is 0. The van der Waals surface area contributed by atoms with Gasteiger partial charge >= 0.3 is 5.97 Å². The van der Waals surface area contributed by atoms with Gasteiger partial charge in [-0.15, -0.1) is 4.91 Å². The molecule has 0 bridgehead atoms. The van der Waals surface area contributed by atoms with E-state index < -0.39 is 0 Å². The topological polar surface area (TPSA) is 94.4 Å². The Balaban J connectivity index is 1.63. The van der Waals surface area contributed by atoms with Gasteiger partial charge in [-0.2, -0.15) is 0 Å². The molecular weight excluding hydrogens is 452 g/mol. The first-order valence-electron chi connectivity index (χ1n) is 12.4. The lowest BCUT2D eigenvalue weighted by atomic mass is 10.0. The lowest BCUT2D eigenvalue weighted by Crippen LogP contribution is -2.16. The van der Waals surface area contributed by atoms with Crippen molar-refractivity contribution in [3.8, 4) is 22.8 Å². The molecule has 7 nitrogen and oxygen atoms in total. The highest BCUT2D eigenvalue weighted by Gasteiger charge is 2.17. The van der Waals surface area contributed by atoms with E-state index in [0.29, 0.717) is 29.5 Å². The maximum Gasteiger partial charge on any atom is 0.308 e. The molecule has 0 aliphatic heterocycles. The van der Waals surface area contributed by atoms with Gasteiger partial charge in [0.25, 0.3) is 0 Å². The van der Waals surface area contributed by atoms with Crippen molar-refractivity contribution in [3.63, 3.8) is 0 Å². The zero-order chi connectivity index (χ0) is 25.3. The molecule has 1 aromatic heterocycles. The third-order valence-electron chi connectivity index (χ3n) is 6.08. The summed E-state index contributed by atoms with van der Waals surface area (Å²) in [7, 11) is 0. The van der Waals surface area contributed by atoms with Gasteiger partial charge in [0.2, 0.25) is 0 Å². The quantitative estimate of drug-likeness (QED) is 0.231. The highest BCUT2D eigenvalue weighted by atomic mass is 16.5. The molecule has 2 aromatic carbocycles. The number of nitroso groups, excluding NO2 is 1. The number of esters is 1. The summed E-state index contributed by atoms with van der Waals surface area (Å²) < 4.78 is 5.40. The number of nitrogens with zero attached hydrogens (tertiary/aromatic N) is 4. The minimum absolute atomic E-state index is 0.115. The third kappa shape index (κ3) is 6.16. The first kappa shape index (κ1) is 25.1. The number of ether oxygens (including phenoxy) is 1. The van der Waals surface area contributed by atoms with Gasteiger partial charge in [-0.3, -0.25) is 4.79 Å². The number of rotatable bonds is 10. The average Bonchev–Trinajstić information content (AvgIpc) is 2.93. The van der Waals surface area contributed by atoms with Crippen LogP contribution >= 0.6 is 0 Å². The fraction of sp³-hybridized carbons (Fsp3) is 0.310. The van der Waals surface area contributed by atoms with Crippen molar-refractivity contribution < 1.29 is 9.53 Å². The van der Waals surface area contributed by atoms with Crippen LogP contribution in [0.5, 0.6) is 0 Å². The number of hydrogen-bond donors (Lipinski definition) is 0. The van der Waals surface area contributed by atoms with Gasteiger partial charge in [0, 0.05) is 23.1 Å². The summed E-state index contributed by atoms with van der Waals surface area (Å²) in [5.41, 5.74) is 3.41. The van der Waals surface area contributed by atoms with Gasteiger partial charge < -0.3 is 4.74 Å². The SMILES string of the molecule is CCCC(C)C(=O)OCCc1ccc(-c2nc(C3=CCCC=C3)nc(-c3ccccc3)n2)c(N=O)c1. The first-order valence-corrected chi connectivity index (χ1v) is 12.4. The van der Waals surface area contributed by atoms with Gasteiger partial charge in [-0.05, 0) is 42.1 Å². The Morgan fingerprint density at radius 3 is 2.53 bits per heavy atom. The minimum atomic E-state index is -0.195. The monoisotopic (exact) mass is 482 g/mol. The van der Waals surface area contributed by atoms with Crippen molar-refractivity contribution in [1.29, 1.82) is 0 Å². The van der Waals surface area contributed by atoms with E-state index in [1.807, 2.05) is 56.3 Å². The molecule has 0 amide bonds. The summed E-state index contributed by atoms with van der Waals surface area (Å²) in [6, 6.07) is 15.1. The second-order valence-corrected chi connectivity index (χ2v) is 8.86. The lowest BCUT2D eigenvalue weighted by Gasteiger charge is -2.12. The highest BCUT2D eigenvalue weighted by molar-refractivity contribution is 5.76. The van der Waals surface area contributed by atoms with Crippen LogP contribution in [-0.4, -0.2) is 27.5 Å². The highest BCUT2D eigenvalue weighted by Crippen LogP contribution is 2.32. The van der Waals surface area contributed by atoms with E-state index >= 15 is 0 Å². The third-order valence-corrected chi connectivity index (χ3v) is 6.08. The summed E-state index contributed by atoms with van der Waals surface area (Å²) in [6.07, 6.45) is 10.4. The van der Waals surface area contributed by atoms with E-state index in [2.05, 4.69) is 22.3 Å². The van der Waals surface area contributed by atoms with Crippen molar-refractivity contribution >= 4 is 17.2 Å². The molecule has 0 radical (unpaired) electrons. The number of benzene rings is 2. The predicted octanol–water partition coefficient (Wildman–Crippen LogP) is 6.86. The molecular formula is C29H30N4O3. The lowest BCUT2D eigenvalue weighted by molar-refractivity contribution is -0.148. The maximum absolute atomic E-state index is 12.1. The average molecular weight is 483 g/mol. The molecule has 3 aromatic rings. The van der Waals surface area contributed by atoms with Crippen molar-refractivity contribution in [3.05, 3.63) is 83.1 Å². The van der Waals surface area contributed by atoms with E-state index in [-0.39, 0.29) is 24.2 Å². The molecule has 1 aliphatic carbocycles. The van der Waals surface area contributed by atoms with E-state index in [4.69, 9.17) is 14.7 Å². The standard InChI is InChI=1S/C29H30N4O3/c1-3-10-20(2)29(34)36-18-17-21-15-16-24(25(19-21)33-35)28-31-26(22-11-6-4-7-12-22)30-27(32-28)23-13-8-5-9-14-23/h4,6-8,11-16,19-20H,3,5,9-10,17-18H2,1-2H3. The largest absolute Gasteiger partial charge is 0.465 e. The summed E-state index contributed by atoms with van der Waals surface area (Å²) in [6.45, 7) is 4.17. The normalized spacial score (nSPS) is 13.7. The Kier molecular flexibility index (Phi) is 8.44. The van der Waals surface area contributed by atoms with Crippen LogP contribution in [0.1, 0.15) is 50.9 Å². The molecule has 1 atom stereocenters. The molecule has 1 aliphatic rings. The Hall–Kier alpha value is -4.00. The van der Waals surface area contributed by atoms with E-state index in [1.54, 1.807) is 12.1 Å². The molecule has 0 N–H and O–H groups in total. The second kappa shape index (κ2) is 12.1. The van der Waals surface area contributed by atoms with Gasteiger partial charge in [0.15, 0.2) is 17.5 Å². The number of carbonyl (C=O) groups is 1. The molecule has 0 spiro atoms. The summed E-state index contributed by atoms with van der Waals surface area (Å²) in [5, 5.41) is 3.26. The van der Waals surface area contributed by atoms with E-state index in [9.17, 15) is 9.70 Å². The Morgan fingerprint density at radius 2 is 1.81 bits per heavy atom. The Bertz CT molecular complexity index is 1280. The van der Waals surface area contributed by atoms with Crippen LogP contribution in [-0.2, 0) is 16.0 Å². The molecule has 1 heterocycles. The van der Waals surface area contributed by atoms with E-state index in [1.165, 1.54) is 0 Å². The van der Waals surface area contributed by atoms with Crippen LogP contribution in [0.2, 0.25) is 0 Å². The van der Waals surface area contributed by atoms with Crippen LogP contribution in [0.15, 0.2) is 71.9 Å². The smallest absolute Gasteiger partial charge is 0.308 e. The van der Waals surface area contributed by atoms with Gasteiger partial charge in [-0.1, -0.05) is 74.9 Å². The van der Waals surface area contributed by atoms with Gasteiger partial charge in [0.1, 0.15) is 5.69 Å². The summed E-state index contributed by atoms with van der Waals surface area (Å²) in [4.78, 5) is 38.0. The van der Waals surface area contributed by atoms with Crippen molar-refractivity contribution in [2.24, 2.45) is 11.1 Å². The van der Waals surface area contributed by atoms with Crippen molar-refractivity contribution in [2.45, 2.75) is 46.0 Å². The predicted molar refractivity (Wildman–Crippen MR) is 141 cm³/mol. The first-order chi connectivity index (χ1) is 17.6. The zero-order valence-corrected chi connectivity index (χ0v) is 20.7. The second-order valence-electron chi connectivity index (χ2n) is 8.86. The molecule has 0 saturated carbocycles.